The molecule has 0 spiro atoms. The van der Waals surface area contributed by atoms with Gasteiger partial charge >= 0.3 is 0 Å². The van der Waals surface area contributed by atoms with E-state index in [2.05, 4.69) is 10.6 Å². The smallest absolute Gasteiger partial charge is 0.266 e. The molecule has 2 N–H and O–H groups in total. The summed E-state index contributed by atoms with van der Waals surface area (Å²) in [4.78, 5) is 24.8. The minimum absolute atomic E-state index is 0.0722. The lowest BCUT2D eigenvalue weighted by Crippen LogP contribution is -2.13. The maximum atomic E-state index is 12.5. The van der Waals surface area contributed by atoms with Crippen LogP contribution < -0.4 is 15.4 Å². The maximum Gasteiger partial charge on any atom is 0.266 e. The van der Waals surface area contributed by atoms with Gasteiger partial charge in [0.25, 0.3) is 11.8 Å². The lowest BCUT2D eigenvalue weighted by molar-refractivity contribution is -0.112. The number of nitriles is 1. The van der Waals surface area contributed by atoms with Gasteiger partial charge < -0.3 is 15.4 Å². The summed E-state index contributed by atoms with van der Waals surface area (Å²) in [5.41, 5.74) is 2.05. The van der Waals surface area contributed by atoms with Crippen LogP contribution >= 0.6 is 11.6 Å². The van der Waals surface area contributed by atoms with Crippen LogP contribution in [0.25, 0.3) is 6.08 Å². The Hall–Kier alpha value is -4.08. The van der Waals surface area contributed by atoms with Gasteiger partial charge in [-0.1, -0.05) is 23.7 Å². The highest BCUT2D eigenvalue weighted by Crippen LogP contribution is 2.18. The van der Waals surface area contributed by atoms with Crippen LogP contribution in [-0.2, 0) is 4.79 Å². The van der Waals surface area contributed by atoms with Gasteiger partial charge in [0.2, 0.25) is 0 Å². The van der Waals surface area contributed by atoms with Crippen molar-refractivity contribution in [1.29, 1.82) is 5.26 Å². The highest BCUT2D eigenvalue weighted by atomic mass is 35.5. The molecule has 0 saturated heterocycles. The maximum absolute atomic E-state index is 12.5. The third kappa shape index (κ3) is 5.95. The van der Waals surface area contributed by atoms with Gasteiger partial charge in [-0.3, -0.25) is 9.59 Å². The zero-order valence-electron chi connectivity index (χ0n) is 16.6. The fourth-order valence-corrected chi connectivity index (χ4v) is 2.82. The van der Waals surface area contributed by atoms with Crippen LogP contribution in [0.4, 0.5) is 11.4 Å². The zero-order chi connectivity index (χ0) is 22.2. The number of nitrogens with zero attached hydrogens (tertiary/aromatic N) is 1. The predicted molar refractivity (Wildman–Crippen MR) is 121 cm³/mol. The highest BCUT2D eigenvalue weighted by Gasteiger charge is 2.11. The largest absolute Gasteiger partial charge is 0.497 e. The van der Waals surface area contributed by atoms with Crippen molar-refractivity contribution >= 4 is 40.9 Å². The van der Waals surface area contributed by atoms with E-state index in [1.54, 1.807) is 79.9 Å². The van der Waals surface area contributed by atoms with Crippen molar-refractivity contribution < 1.29 is 14.3 Å². The molecule has 0 fully saturated rings. The van der Waals surface area contributed by atoms with Gasteiger partial charge in [-0.05, 0) is 72.3 Å². The van der Waals surface area contributed by atoms with Crippen molar-refractivity contribution in [2.75, 3.05) is 17.7 Å². The lowest BCUT2D eigenvalue weighted by atomic mass is 10.1. The number of hydrogen-bond donors (Lipinski definition) is 2. The van der Waals surface area contributed by atoms with Crippen LogP contribution in [0.2, 0.25) is 5.02 Å². The molecule has 0 radical (unpaired) electrons. The number of rotatable bonds is 6. The molecule has 0 heterocycles. The van der Waals surface area contributed by atoms with E-state index in [-0.39, 0.29) is 11.5 Å². The molecule has 2 amide bonds. The summed E-state index contributed by atoms with van der Waals surface area (Å²) >= 11 is 5.85. The summed E-state index contributed by atoms with van der Waals surface area (Å²) in [6, 6.07) is 22.0. The Kier molecular flexibility index (Phi) is 7.05. The molecule has 0 bridgehead atoms. The first-order chi connectivity index (χ1) is 15.0. The van der Waals surface area contributed by atoms with E-state index in [0.29, 0.717) is 33.3 Å². The van der Waals surface area contributed by atoms with Crippen molar-refractivity contribution in [2.24, 2.45) is 0 Å². The predicted octanol–water partition coefficient (Wildman–Crippen LogP) is 5.15. The Morgan fingerprint density at radius 1 is 0.968 bits per heavy atom. The number of halogens is 1. The zero-order valence-corrected chi connectivity index (χ0v) is 17.3. The number of carbonyl (C=O) groups excluding carboxylic acids is 2. The van der Waals surface area contributed by atoms with Crippen LogP contribution in [0.5, 0.6) is 5.75 Å². The Labute approximate surface area is 184 Å². The van der Waals surface area contributed by atoms with E-state index >= 15 is 0 Å². The fraction of sp³-hybridized carbons (Fsp3) is 0.0417. The van der Waals surface area contributed by atoms with Gasteiger partial charge in [-0.25, -0.2) is 0 Å². The Balaban J connectivity index is 1.73. The van der Waals surface area contributed by atoms with Crippen LogP contribution in [0, 0.1) is 11.3 Å². The molecule has 0 atom stereocenters. The number of carbonyl (C=O) groups is 2. The molecule has 0 saturated carbocycles. The average molecular weight is 432 g/mol. The average Bonchev–Trinajstić information content (AvgIpc) is 2.78. The number of nitrogens with one attached hydrogen (secondary N) is 2. The molecule has 0 aliphatic carbocycles. The van der Waals surface area contributed by atoms with E-state index in [4.69, 9.17) is 16.3 Å². The standard InChI is InChI=1S/C24H18ClN3O3/c1-31-22-11-9-20(10-12-22)27-24(30)18(15-26)13-16-3-2-4-21(14-16)28-23(29)17-5-7-19(25)8-6-17/h2-14H,1H3,(H,27,30)(H,28,29)/b18-13+. The fourth-order valence-electron chi connectivity index (χ4n) is 2.70. The Bertz CT molecular complexity index is 1160. The van der Waals surface area contributed by atoms with E-state index in [1.807, 2.05) is 6.07 Å². The number of hydrogen-bond acceptors (Lipinski definition) is 4. The van der Waals surface area contributed by atoms with Gasteiger partial charge in [0.1, 0.15) is 17.4 Å². The SMILES string of the molecule is COc1ccc(NC(=O)/C(C#N)=C/c2cccc(NC(=O)c3ccc(Cl)cc3)c2)cc1. The third-order valence-corrected chi connectivity index (χ3v) is 4.53. The van der Waals surface area contributed by atoms with E-state index in [9.17, 15) is 14.9 Å². The summed E-state index contributed by atoms with van der Waals surface area (Å²) in [5, 5.41) is 15.4. The molecule has 3 aromatic carbocycles. The van der Waals surface area contributed by atoms with Crippen molar-refractivity contribution in [2.45, 2.75) is 0 Å². The first-order valence-electron chi connectivity index (χ1n) is 9.22. The summed E-state index contributed by atoms with van der Waals surface area (Å²) < 4.78 is 5.08. The molecular formula is C24H18ClN3O3. The molecule has 31 heavy (non-hydrogen) atoms. The summed E-state index contributed by atoms with van der Waals surface area (Å²) in [6.07, 6.45) is 1.46. The number of benzene rings is 3. The minimum atomic E-state index is -0.539. The lowest BCUT2D eigenvalue weighted by Gasteiger charge is -2.07. The second-order valence-corrected chi connectivity index (χ2v) is 6.88. The Morgan fingerprint density at radius 3 is 2.32 bits per heavy atom. The van der Waals surface area contributed by atoms with Crippen molar-refractivity contribution in [1.82, 2.24) is 0 Å². The summed E-state index contributed by atoms with van der Waals surface area (Å²) in [7, 11) is 1.55. The van der Waals surface area contributed by atoms with E-state index in [0.717, 1.165) is 0 Å². The monoisotopic (exact) mass is 431 g/mol. The molecule has 0 aliphatic heterocycles. The van der Waals surface area contributed by atoms with E-state index < -0.39 is 5.91 Å². The first-order valence-corrected chi connectivity index (χ1v) is 9.60. The van der Waals surface area contributed by atoms with Gasteiger partial charge in [0, 0.05) is 22.0 Å². The van der Waals surface area contributed by atoms with Gasteiger partial charge in [0.05, 0.1) is 7.11 Å². The van der Waals surface area contributed by atoms with Crippen LogP contribution in [-0.4, -0.2) is 18.9 Å². The molecule has 0 aromatic heterocycles. The van der Waals surface area contributed by atoms with Gasteiger partial charge in [-0.2, -0.15) is 5.26 Å². The number of amides is 2. The van der Waals surface area contributed by atoms with Crippen LogP contribution in [0.15, 0.2) is 78.4 Å². The summed E-state index contributed by atoms with van der Waals surface area (Å²) in [5.74, 6) is -0.176. The highest BCUT2D eigenvalue weighted by molar-refractivity contribution is 6.30. The Morgan fingerprint density at radius 2 is 1.68 bits per heavy atom. The molecule has 154 valence electrons. The molecule has 7 heteroatoms. The topological polar surface area (TPSA) is 91.2 Å². The summed E-state index contributed by atoms with van der Waals surface area (Å²) in [6.45, 7) is 0. The van der Waals surface area contributed by atoms with E-state index in [1.165, 1.54) is 6.08 Å². The molecule has 0 unspecified atom stereocenters. The first kappa shape index (κ1) is 21.6. The van der Waals surface area contributed by atoms with Crippen molar-refractivity contribution in [3.63, 3.8) is 0 Å². The van der Waals surface area contributed by atoms with Crippen molar-refractivity contribution in [3.05, 3.63) is 94.5 Å². The van der Waals surface area contributed by atoms with Gasteiger partial charge in [-0.15, -0.1) is 0 Å². The molecule has 0 aliphatic rings. The van der Waals surface area contributed by atoms with Crippen LogP contribution in [0.1, 0.15) is 15.9 Å². The number of methoxy groups -OCH3 is 1. The van der Waals surface area contributed by atoms with Crippen molar-refractivity contribution in [3.8, 4) is 11.8 Å². The number of anilines is 2. The molecule has 6 nitrogen and oxygen atoms in total. The number of ether oxygens (including phenoxy) is 1. The van der Waals surface area contributed by atoms with Gasteiger partial charge in [0.15, 0.2) is 0 Å². The second-order valence-electron chi connectivity index (χ2n) is 6.44. The third-order valence-electron chi connectivity index (χ3n) is 4.27. The second kappa shape index (κ2) is 10.1. The normalized spacial score (nSPS) is 10.7. The molecule has 3 rings (SSSR count). The van der Waals surface area contributed by atoms with Crippen LogP contribution in [0.3, 0.4) is 0 Å². The molecular weight excluding hydrogens is 414 g/mol. The quantitative estimate of drug-likeness (QED) is 0.417. The minimum Gasteiger partial charge on any atom is -0.497 e. The molecule has 3 aromatic rings.